The topological polar surface area (TPSA) is 46.6 Å². The van der Waals surface area contributed by atoms with E-state index >= 15 is 0 Å². The van der Waals surface area contributed by atoms with Gasteiger partial charge in [0.25, 0.3) is 0 Å². The van der Waals surface area contributed by atoms with Crippen LogP contribution in [0.4, 0.5) is 4.39 Å². The molecule has 0 N–H and O–H groups in total. The summed E-state index contributed by atoms with van der Waals surface area (Å²) in [5.41, 5.74) is 1.60. The van der Waals surface area contributed by atoms with Gasteiger partial charge in [0, 0.05) is 25.1 Å². The smallest absolute Gasteiger partial charge is 0.236 e. The number of rotatable bonds is 3. The molecule has 20 heavy (non-hydrogen) atoms. The Morgan fingerprint density at radius 3 is 2.85 bits per heavy atom. The maximum atomic E-state index is 13.1. The minimum atomic E-state index is -3.48. The van der Waals surface area contributed by atoms with Crippen LogP contribution in [-0.4, -0.2) is 25.4 Å². The van der Waals surface area contributed by atoms with Gasteiger partial charge in [0.1, 0.15) is 5.82 Å². The molecule has 4 nitrogen and oxygen atoms in total. The molecule has 0 aliphatic carbocycles. The Bertz CT molecular complexity index is 636. The van der Waals surface area contributed by atoms with E-state index in [1.165, 1.54) is 21.8 Å². The lowest BCUT2D eigenvalue weighted by molar-refractivity contribution is 0.145. The summed E-state index contributed by atoms with van der Waals surface area (Å²) in [4.78, 5) is 0. The molecule has 2 heterocycles. The summed E-state index contributed by atoms with van der Waals surface area (Å²) in [7, 11) is -3.48. The predicted octanol–water partition coefficient (Wildman–Crippen LogP) is 2.16. The molecule has 0 saturated carbocycles. The third-order valence-corrected chi connectivity index (χ3v) is 5.13. The van der Waals surface area contributed by atoms with Gasteiger partial charge >= 0.3 is 0 Å². The monoisotopic (exact) mass is 297 g/mol. The average Bonchev–Trinajstić information content (AvgIpc) is 3.05. The quantitative estimate of drug-likeness (QED) is 0.859. The van der Waals surface area contributed by atoms with Crippen molar-refractivity contribution in [1.29, 1.82) is 0 Å². The number of hydrogen-bond donors (Lipinski definition) is 0. The van der Waals surface area contributed by atoms with Crippen molar-refractivity contribution in [2.75, 3.05) is 6.61 Å². The molecule has 0 radical (unpaired) electrons. The second-order valence-corrected chi connectivity index (χ2v) is 6.92. The fourth-order valence-corrected chi connectivity index (χ4v) is 3.72. The zero-order chi connectivity index (χ0) is 14.2. The fraction of sp³-hybridized carbons (Fsp3) is 0.429. The van der Waals surface area contributed by atoms with Crippen LogP contribution in [0.15, 0.2) is 29.7 Å². The van der Waals surface area contributed by atoms with Crippen LogP contribution in [-0.2, 0) is 27.8 Å². The van der Waals surface area contributed by atoms with Crippen LogP contribution in [0, 0.1) is 5.82 Å². The molecule has 1 atom stereocenters. The van der Waals surface area contributed by atoms with Gasteiger partial charge in [0.2, 0.25) is 10.0 Å². The lowest BCUT2D eigenvalue weighted by Crippen LogP contribution is -2.23. The Morgan fingerprint density at radius 1 is 1.30 bits per heavy atom. The van der Waals surface area contributed by atoms with E-state index in [2.05, 4.69) is 0 Å². The van der Waals surface area contributed by atoms with Crippen LogP contribution in [0.25, 0.3) is 0 Å². The van der Waals surface area contributed by atoms with Gasteiger partial charge in [-0.25, -0.2) is 12.8 Å². The number of ether oxygens (including phenoxy) is 1. The zero-order valence-corrected chi connectivity index (χ0v) is 11.8. The molecule has 1 aromatic carbocycles. The Kier molecular flexibility index (Phi) is 3.62. The lowest BCUT2D eigenvalue weighted by Gasteiger charge is -2.12. The second-order valence-electron chi connectivity index (χ2n) is 5.11. The van der Waals surface area contributed by atoms with Gasteiger partial charge in [-0.3, -0.25) is 0 Å². The second kappa shape index (κ2) is 5.27. The van der Waals surface area contributed by atoms with E-state index in [-0.39, 0.29) is 18.5 Å². The van der Waals surface area contributed by atoms with Crippen molar-refractivity contribution in [3.63, 3.8) is 0 Å². The molecule has 1 aromatic rings. The van der Waals surface area contributed by atoms with Crippen molar-refractivity contribution in [1.82, 2.24) is 4.31 Å². The van der Waals surface area contributed by atoms with Gasteiger partial charge in [0.15, 0.2) is 0 Å². The first-order valence-electron chi connectivity index (χ1n) is 6.62. The molecule has 0 aromatic heterocycles. The molecule has 0 amide bonds. The van der Waals surface area contributed by atoms with E-state index in [1.807, 2.05) is 0 Å². The zero-order valence-electron chi connectivity index (χ0n) is 11.0. The summed E-state index contributed by atoms with van der Waals surface area (Å²) in [5, 5.41) is 1.21. The van der Waals surface area contributed by atoms with E-state index in [9.17, 15) is 12.8 Å². The van der Waals surface area contributed by atoms with Crippen LogP contribution < -0.4 is 0 Å². The van der Waals surface area contributed by atoms with Crippen molar-refractivity contribution in [2.24, 2.45) is 0 Å². The number of halogens is 1. The van der Waals surface area contributed by atoms with Gasteiger partial charge in [-0.2, -0.15) is 4.31 Å². The molecule has 3 rings (SSSR count). The highest BCUT2D eigenvalue weighted by atomic mass is 32.2. The van der Waals surface area contributed by atoms with Crippen LogP contribution in [0.3, 0.4) is 0 Å². The van der Waals surface area contributed by atoms with Crippen LogP contribution in [0.1, 0.15) is 24.0 Å². The minimum absolute atomic E-state index is 0.104. The summed E-state index contributed by atoms with van der Waals surface area (Å²) in [6.07, 6.45) is 3.32. The summed E-state index contributed by atoms with van der Waals surface area (Å²) >= 11 is 0. The molecule has 6 heteroatoms. The van der Waals surface area contributed by atoms with Gasteiger partial charge in [-0.15, -0.1) is 0 Å². The van der Waals surface area contributed by atoms with E-state index in [0.29, 0.717) is 13.2 Å². The van der Waals surface area contributed by atoms with Crippen molar-refractivity contribution in [2.45, 2.75) is 32.0 Å². The minimum Gasteiger partial charge on any atom is -0.374 e. The average molecular weight is 297 g/mol. The molecule has 1 fully saturated rings. The normalized spacial score (nSPS) is 23.6. The Labute approximate surface area is 117 Å². The van der Waals surface area contributed by atoms with Crippen molar-refractivity contribution < 1.29 is 17.5 Å². The van der Waals surface area contributed by atoms with Crippen molar-refractivity contribution in [3.05, 3.63) is 46.6 Å². The molecule has 2 aliphatic heterocycles. The maximum absolute atomic E-state index is 13.1. The first kappa shape index (κ1) is 13.7. The van der Waals surface area contributed by atoms with Crippen LogP contribution in [0.2, 0.25) is 0 Å². The van der Waals surface area contributed by atoms with Gasteiger partial charge in [-0.05, 0) is 42.2 Å². The SMILES string of the molecule is O=S(=O)(/C=C/[C@H]1CCCO1)N1Cc2ccc(F)cc2C1. The Balaban J connectivity index is 1.74. The number of fused-ring (bicyclic) bond motifs is 1. The van der Waals surface area contributed by atoms with E-state index in [4.69, 9.17) is 4.74 Å². The highest BCUT2D eigenvalue weighted by Crippen LogP contribution is 2.26. The van der Waals surface area contributed by atoms with Crippen molar-refractivity contribution in [3.8, 4) is 0 Å². The maximum Gasteiger partial charge on any atom is 0.236 e. The number of hydrogen-bond acceptors (Lipinski definition) is 3. The fourth-order valence-electron chi connectivity index (χ4n) is 2.54. The summed E-state index contributed by atoms with van der Waals surface area (Å²) < 4.78 is 44.3. The number of benzene rings is 1. The lowest BCUT2D eigenvalue weighted by atomic mass is 10.1. The third kappa shape index (κ3) is 2.77. The summed E-state index contributed by atoms with van der Waals surface area (Å²) in [6.45, 7) is 1.21. The molecule has 0 bridgehead atoms. The molecular weight excluding hydrogens is 281 g/mol. The Hall–Kier alpha value is -1.24. The summed E-state index contributed by atoms with van der Waals surface area (Å²) in [5.74, 6) is -0.335. The van der Waals surface area contributed by atoms with E-state index < -0.39 is 10.0 Å². The van der Waals surface area contributed by atoms with Gasteiger partial charge in [0.05, 0.1) is 6.10 Å². The highest BCUT2D eigenvalue weighted by Gasteiger charge is 2.28. The third-order valence-electron chi connectivity index (χ3n) is 3.65. The molecular formula is C14H16FNO3S. The van der Waals surface area contributed by atoms with Gasteiger partial charge in [-0.1, -0.05) is 6.07 Å². The summed E-state index contributed by atoms with van der Waals surface area (Å²) in [6, 6.07) is 4.40. The number of sulfonamides is 1. The molecule has 108 valence electrons. The Morgan fingerprint density at radius 2 is 2.10 bits per heavy atom. The largest absolute Gasteiger partial charge is 0.374 e. The van der Waals surface area contributed by atoms with Crippen molar-refractivity contribution >= 4 is 10.0 Å². The molecule has 0 unspecified atom stereocenters. The first-order chi connectivity index (χ1) is 9.54. The molecule has 2 aliphatic rings. The molecule has 0 spiro atoms. The van der Waals surface area contributed by atoms with Crippen LogP contribution >= 0.6 is 0 Å². The van der Waals surface area contributed by atoms with E-state index in [0.717, 1.165) is 24.0 Å². The highest BCUT2D eigenvalue weighted by molar-refractivity contribution is 7.92. The van der Waals surface area contributed by atoms with Gasteiger partial charge < -0.3 is 4.74 Å². The number of nitrogens with zero attached hydrogens (tertiary/aromatic N) is 1. The first-order valence-corrected chi connectivity index (χ1v) is 8.12. The van der Waals surface area contributed by atoms with E-state index in [1.54, 1.807) is 12.1 Å². The molecule has 1 saturated heterocycles. The van der Waals surface area contributed by atoms with Crippen LogP contribution in [0.5, 0.6) is 0 Å². The predicted molar refractivity (Wildman–Crippen MR) is 72.7 cm³/mol. The standard InChI is InChI=1S/C14H16FNO3S/c15-13-4-3-11-9-16(10-12(11)8-13)20(17,18)7-5-14-2-1-6-19-14/h3-5,7-8,14H,1-2,6,9-10H2/b7-5+/t14-/m1/s1.